The molecular formula is C74H151NO3. The first-order valence-electron chi connectivity index (χ1n) is 37.1. The first-order valence-corrected chi connectivity index (χ1v) is 37.1. The third-order valence-corrected chi connectivity index (χ3v) is 18.3. The minimum absolute atomic E-state index is 0.176. The maximum atomic E-state index is 11.2. The van der Waals surface area contributed by atoms with Gasteiger partial charge in [0.15, 0.2) is 0 Å². The Labute approximate surface area is 494 Å². The number of aliphatic hydroxyl groups excluding tert-OH is 1. The SMILES string of the molecule is CCCCCCCCCCCCCCCCC(CCCCCCCCCCCCCCCC)COC(C)N(C(C)O)C(C)OCC(CCCCCCCCCCCCCCCC)CCCCCCCCCCCCCCCC. The third kappa shape index (κ3) is 57.6. The van der Waals surface area contributed by atoms with Crippen molar-refractivity contribution in [3.05, 3.63) is 0 Å². The second kappa shape index (κ2) is 66.0. The summed E-state index contributed by atoms with van der Waals surface area (Å²) in [7, 11) is 0. The highest BCUT2D eigenvalue weighted by Gasteiger charge is 2.27. The van der Waals surface area contributed by atoms with Gasteiger partial charge in [-0.05, 0) is 58.3 Å². The number of unbranched alkanes of at least 4 members (excludes halogenated alkanes) is 52. The van der Waals surface area contributed by atoms with Crippen LogP contribution < -0.4 is 0 Å². The molecule has 470 valence electrons. The molecule has 0 bridgehead atoms. The summed E-state index contributed by atoms with van der Waals surface area (Å²) in [5.74, 6) is 1.21. The summed E-state index contributed by atoms with van der Waals surface area (Å²) in [5.41, 5.74) is 0. The highest BCUT2D eigenvalue weighted by atomic mass is 16.5. The van der Waals surface area contributed by atoms with E-state index in [1.807, 2.05) is 6.92 Å². The van der Waals surface area contributed by atoms with E-state index < -0.39 is 6.23 Å². The fourth-order valence-corrected chi connectivity index (χ4v) is 12.8. The van der Waals surface area contributed by atoms with Gasteiger partial charge in [0.05, 0.1) is 13.2 Å². The van der Waals surface area contributed by atoms with Gasteiger partial charge in [0, 0.05) is 0 Å². The molecule has 0 saturated carbocycles. The molecule has 0 fully saturated rings. The predicted octanol–water partition coefficient (Wildman–Crippen LogP) is 26.1. The van der Waals surface area contributed by atoms with Crippen molar-refractivity contribution in [3.8, 4) is 0 Å². The summed E-state index contributed by atoms with van der Waals surface area (Å²) in [6.07, 6.45) is 83.4. The molecule has 3 atom stereocenters. The van der Waals surface area contributed by atoms with Gasteiger partial charge in [0.1, 0.15) is 18.7 Å². The lowest BCUT2D eigenvalue weighted by molar-refractivity contribution is -0.202. The highest BCUT2D eigenvalue weighted by molar-refractivity contribution is 4.69. The van der Waals surface area contributed by atoms with Crippen LogP contribution in [0.5, 0.6) is 0 Å². The maximum Gasteiger partial charge on any atom is 0.111 e. The molecule has 0 aliphatic rings. The van der Waals surface area contributed by atoms with E-state index in [9.17, 15) is 5.11 Å². The Hall–Kier alpha value is -0.160. The Morgan fingerprint density at radius 3 is 0.513 bits per heavy atom. The van der Waals surface area contributed by atoms with Crippen molar-refractivity contribution < 1.29 is 14.6 Å². The topological polar surface area (TPSA) is 41.9 Å². The molecule has 0 radical (unpaired) electrons. The zero-order valence-electron chi connectivity index (χ0n) is 55.4. The molecule has 0 heterocycles. The van der Waals surface area contributed by atoms with Crippen molar-refractivity contribution in [2.75, 3.05) is 13.2 Å². The van der Waals surface area contributed by atoms with Gasteiger partial charge in [-0.3, -0.25) is 0 Å². The summed E-state index contributed by atoms with van der Waals surface area (Å²) in [6, 6.07) is 0. The maximum absolute atomic E-state index is 11.2. The first kappa shape index (κ1) is 77.8. The first-order chi connectivity index (χ1) is 38.4. The Morgan fingerprint density at radius 2 is 0.372 bits per heavy atom. The van der Waals surface area contributed by atoms with Crippen LogP contribution in [0, 0.1) is 11.8 Å². The van der Waals surface area contributed by atoms with Crippen molar-refractivity contribution in [2.45, 2.75) is 452 Å². The average Bonchev–Trinajstić information content (AvgIpc) is 3.43. The van der Waals surface area contributed by atoms with Gasteiger partial charge in [0.25, 0.3) is 0 Å². The van der Waals surface area contributed by atoms with Gasteiger partial charge in [-0.2, -0.15) is 0 Å². The van der Waals surface area contributed by atoms with E-state index in [2.05, 4.69) is 46.4 Å². The third-order valence-electron chi connectivity index (χ3n) is 18.3. The Bertz CT molecular complexity index is 925. The summed E-state index contributed by atoms with van der Waals surface area (Å²) in [5, 5.41) is 11.2. The molecule has 3 unspecified atom stereocenters. The molecule has 78 heavy (non-hydrogen) atoms. The van der Waals surface area contributed by atoms with Crippen LogP contribution in [0.2, 0.25) is 0 Å². The van der Waals surface area contributed by atoms with E-state index in [0.29, 0.717) is 11.8 Å². The number of aliphatic hydroxyl groups is 1. The van der Waals surface area contributed by atoms with Crippen LogP contribution >= 0.6 is 0 Å². The average molecular weight is 1100 g/mol. The minimum Gasteiger partial charge on any atom is -0.379 e. The molecular weight excluding hydrogens is 951 g/mol. The summed E-state index contributed by atoms with van der Waals surface area (Å²) in [6.45, 7) is 17.1. The highest BCUT2D eigenvalue weighted by Crippen LogP contribution is 2.26. The fourth-order valence-electron chi connectivity index (χ4n) is 12.8. The number of hydrogen-bond acceptors (Lipinski definition) is 4. The van der Waals surface area contributed by atoms with Crippen LogP contribution in [0.25, 0.3) is 0 Å². The van der Waals surface area contributed by atoms with E-state index in [1.165, 1.54) is 385 Å². The Kier molecular flexibility index (Phi) is 65.9. The number of hydrogen-bond donors (Lipinski definition) is 1. The van der Waals surface area contributed by atoms with E-state index in [0.717, 1.165) is 13.2 Å². The molecule has 4 heteroatoms. The van der Waals surface area contributed by atoms with Gasteiger partial charge in [-0.1, -0.05) is 387 Å². The van der Waals surface area contributed by atoms with E-state index in [1.54, 1.807) is 0 Å². The quantitative estimate of drug-likeness (QED) is 0.0487. The molecule has 0 spiro atoms. The van der Waals surface area contributed by atoms with E-state index in [-0.39, 0.29) is 12.5 Å². The van der Waals surface area contributed by atoms with Crippen LogP contribution in [-0.4, -0.2) is 41.9 Å². The number of ether oxygens (including phenoxy) is 2. The lowest BCUT2D eigenvalue weighted by Gasteiger charge is -2.37. The van der Waals surface area contributed by atoms with Crippen molar-refractivity contribution in [1.29, 1.82) is 0 Å². The van der Waals surface area contributed by atoms with Gasteiger partial charge < -0.3 is 14.6 Å². The summed E-state index contributed by atoms with van der Waals surface area (Å²) < 4.78 is 13.6. The molecule has 0 saturated heterocycles. The molecule has 4 nitrogen and oxygen atoms in total. The van der Waals surface area contributed by atoms with Crippen molar-refractivity contribution >= 4 is 0 Å². The van der Waals surface area contributed by atoms with Crippen LogP contribution in [-0.2, 0) is 9.47 Å². The number of nitrogens with zero attached hydrogens (tertiary/aromatic N) is 1. The standard InChI is InChI=1S/C74H151NO3/c1-8-12-16-20-24-28-32-36-40-44-48-52-56-60-64-73(65-61-57-53-49-45-41-37-33-29-25-21-17-13-9-2)68-77-71(6)75(70(5)76)72(7)78-69-74(66-62-58-54-50-46-42-38-34-30-26-22-18-14-10-3)67-63-59-55-51-47-43-39-35-31-27-23-19-15-11-4/h70-74,76H,8-69H2,1-7H3. The molecule has 0 aromatic heterocycles. The van der Waals surface area contributed by atoms with Gasteiger partial charge >= 0.3 is 0 Å². The molecule has 0 aliphatic carbocycles. The monoisotopic (exact) mass is 1100 g/mol. The molecule has 0 amide bonds. The lowest BCUT2D eigenvalue weighted by atomic mass is 9.94. The normalized spacial score (nSPS) is 13.3. The zero-order chi connectivity index (χ0) is 56.7. The second-order valence-electron chi connectivity index (χ2n) is 26.2. The molecule has 1 N–H and O–H groups in total. The predicted molar refractivity (Wildman–Crippen MR) is 351 cm³/mol. The summed E-state index contributed by atoms with van der Waals surface area (Å²) in [4.78, 5) is 2.10. The second-order valence-corrected chi connectivity index (χ2v) is 26.2. The van der Waals surface area contributed by atoms with E-state index >= 15 is 0 Å². The van der Waals surface area contributed by atoms with Crippen molar-refractivity contribution in [2.24, 2.45) is 11.8 Å². The van der Waals surface area contributed by atoms with Crippen molar-refractivity contribution in [1.82, 2.24) is 4.90 Å². The van der Waals surface area contributed by atoms with Crippen molar-refractivity contribution in [3.63, 3.8) is 0 Å². The van der Waals surface area contributed by atoms with Crippen LogP contribution in [0.15, 0.2) is 0 Å². The molecule has 0 rings (SSSR count). The van der Waals surface area contributed by atoms with Crippen LogP contribution in [0.4, 0.5) is 0 Å². The molecule has 0 aromatic carbocycles. The van der Waals surface area contributed by atoms with Crippen LogP contribution in [0.3, 0.4) is 0 Å². The Balaban J connectivity index is 5.11. The van der Waals surface area contributed by atoms with Gasteiger partial charge in [-0.25, -0.2) is 4.90 Å². The number of rotatable bonds is 69. The minimum atomic E-state index is -0.611. The largest absolute Gasteiger partial charge is 0.379 e. The molecule has 0 aliphatic heterocycles. The zero-order valence-corrected chi connectivity index (χ0v) is 55.4. The van der Waals surface area contributed by atoms with Crippen LogP contribution in [0.1, 0.15) is 434 Å². The van der Waals surface area contributed by atoms with E-state index in [4.69, 9.17) is 9.47 Å². The van der Waals surface area contributed by atoms with Gasteiger partial charge in [-0.15, -0.1) is 0 Å². The van der Waals surface area contributed by atoms with Gasteiger partial charge in [0.2, 0.25) is 0 Å². The lowest BCUT2D eigenvalue weighted by Crippen LogP contribution is -2.49. The smallest absolute Gasteiger partial charge is 0.111 e. The fraction of sp³-hybridized carbons (Fsp3) is 1.00. The molecule has 0 aromatic rings. The Morgan fingerprint density at radius 1 is 0.231 bits per heavy atom. The summed E-state index contributed by atoms with van der Waals surface area (Å²) >= 11 is 0.